The summed E-state index contributed by atoms with van der Waals surface area (Å²) in [6, 6.07) is 14.9. The van der Waals surface area contributed by atoms with Crippen LogP contribution in [0.15, 0.2) is 48.5 Å². The summed E-state index contributed by atoms with van der Waals surface area (Å²) in [5.41, 5.74) is 2.89. The van der Waals surface area contributed by atoms with Crippen molar-refractivity contribution in [2.45, 2.75) is 32.1 Å². The van der Waals surface area contributed by atoms with Gasteiger partial charge in [0.1, 0.15) is 11.5 Å². The van der Waals surface area contributed by atoms with Gasteiger partial charge in [-0.2, -0.15) is 0 Å². The molecule has 1 aromatic heterocycles. The van der Waals surface area contributed by atoms with Gasteiger partial charge in [0, 0.05) is 22.1 Å². The molecule has 1 saturated carbocycles. The Morgan fingerprint density at radius 2 is 1.67 bits per heavy atom. The summed E-state index contributed by atoms with van der Waals surface area (Å²) in [6.45, 7) is 0. The molecule has 0 saturated heterocycles. The number of nitrogens with zero attached hydrogens (tertiary/aromatic N) is 1. The van der Waals surface area contributed by atoms with Gasteiger partial charge in [0.05, 0.1) is 10.7 Å². The van der Waals surface area contributed by atoms with Crippen LogP contribution in [0, 0.1) is 5.92 Å². The molecule has 0 bridgehead atoms. The number of H-pyrrole nitrogens is 1. The zero-order valence-electron chi connectivity index (χ0n) is 14.8. The minimum atomic E-state index is 0.0596. The van der Waals surface area contributed by atoms with Gasteiger partial charge in [-0.1, -0.05) is 66.7 Å². The van der Waals surface area contributed by atoms with Gasteiger partial charge in [0.15, 0.2) is 5.78 Å². The molecule has 5 heteroatoms. The highest BCUT2D eigenvalue weighted by Gasteiger charge is 2.28. The van der Waals surface area contributed by atoms with E-state index in [9.17, 15) is 4.79 Å². The maximum atomic E-state index is 13.3. The zero-order valence-corrected chi connectivity index (χ0v) is 16.4. The summed E-state index contributed by atoms with van der Waals surface area (Å²) in [6.07, 6.45) is 5.32. The van der Waals surface area contributed by atoms with Gasteiger partial charge in [-0.05, 0) is 37.1 Å². The number of ketones is 1. The number of hydrogen-bond donors (Lipinski definition) is 1. The summed E-state index contributed by atoms with van der Waals surface area (Å²) in [5.74, 6) is 0.819. The first-order chi connectivity index (χ1) is 13.1. The Morgan fingerprint density at radius 3 is 2.37 bits per heavy atom. The lowest BCUT2D eigenvalue weighted by atomic mass is 9.84. The predicted molar refractivity (Wildman–Crippen MR) is 110 cm³/mol. The molecule has 4 rings (SSSR count). The third-order valence-electron chi connectivity index (χ3n) is 5.17. The monoisotopic (exact) mass is 398 g/mol. The van der Waals surface area contributed by atoms with Crippen molar-refractivity contribution in [3.05, 3.63) is 64.3 Å². The molecule has 0 atom stereocenters. The van der Waals surface area contributed by atoms with E-state index in [0.717, 1.165) is 36.8 Å². The quantitative estimate of drug-likeness (QED) is 0.490. The average Bonchev–Trinajstić information content (AvgIpc) is 3.14. The number of benzene rings is 2. The zero-order chi connectivity index (χ0) is 18.8. The number of aromatic amines is 1. The van der Waals surface area contributed by atoms with Crippen molar-refractivity contribution < 1.29 is 4.79 Å². The molecular weight excluding hydrogens is 379 g/mol. The third kappa shape index (κ3) is 3.80. The number of aromatic nitrogens is 2. The Kier molecular flexibility index (Phi) is 5.33. The average molecular weight is 399 g/mol. The number of halogens is 2. The van der Waals surface area contributed by atoms with Gasteiger partial charge in [-0.3, -0.25) is 4.79 Å². The van der Waals surface area contributed by atoms with Crippen LogP contribution in [0.3, 0.4) is 0 Å². The van der Waals surface area contributed by atoms with Gasteiger partial charge in [-0.25, -0.2) is 4.98 Å². The van der Waals surface area contributed by atoms with Crippen molar-refractivity contribution in [3.63, 3.8) is 0 Å². The number of nitrogens with one attached hydrogen (secondary N) is 1. The summed E-state index contributed by atoms with van der Waals surface area (Å²) < 4.78 is 0. The highest BCUT2D eigenvalue weighted by Crippen LogP contribution is 2.34. The first kappa shape index (κ1) is 18.3. The molecule has 1 heterocycles. The van der Waals surface area contributed by atoms with Gasteiger partial charge < -0.3 is 4.98 Å². The molecular formula is C22H20Cl2N2O. The van der Waals surface area contributed by atoms with E-state index >= 15 is 0 Å². The first-order valence-electron chi connectivity index (χ1n) is 9.28. The van der Waals surface area contributed by atoms with Gasteiger partial charge >= 0.3 is 0 Å². The molecule has 0 spiro atoms. The highest BCUT2D eigenvalue weighted by molar-refractivity contribution is 6.33. The second-order valence-corrected chi connectivity index (χ2v) is 7.84. The van der Waals surface area contributed by atoms with Crippen LogP contribution in [0.5, 0.6) is 0 Å². The Bertz CT molecular complexity index is 957. The minimum absolute atomic E-state index is 0.0596. The van der Waals surface area contributed by atoms with Gasteiger partial charge in [0.2, 0.25) is 0 Å². The fourth-order valence-corrected chi connectivity index (χ4v) is 4.07. The normalized spacial score (nSPS) is 15.0. The van der Waals surface area contributed by atoms with Crippen molar-refractivity contribution in [1.82, 2.24) is 9.97 Å². The Morgan fingerprint density at radius 1 is 0.963 bits per heavy atom. The standard InChI is InChI=1S/C22H20Cl2N2O/c23-16-12-10-14(11-13-16)19-20(21(27)15-6-2-1-3-7-15)26-22(25-19)17-8-4-5-9-18(17)24/h4-5,8-13,15H,1-3,6-7H2,(H,25,26). The van der Waals surface area contributed by atoms with E-state index in [2.05, 4.69) is 4.98 Å². The second kappa shape index (κ2) is 7.87. The van der Waals surface area contributed by atoms with E-state index in [1.165, 1.54) is 6.42 Å². The number of rotatable bonds is 4. The SMILES string of the molecule is O=C(c1[nH]c(-c2ccccc2Cl)nc1-c1ccc(Cl)cc1)C1CCCCC1. The van der Waals surface area contributed by atoms with Crippen LogP contribution in [-0.4, -0.2) is 15.8 Å². The van der Waals surface area contributed by atoms with E-state index in [0.29, 0.717) is 27.3 Å². The smallest absolute Gasteiger partial charge is 0.184 e. The lowest BCUT2D eigenvalue weighted by molar-refractivity contribution is 0.0885. The number of carbonyl (C=O) groups excluding carboxylic acids is 1. The number of imidazole rings is 1. The Balaban J connectivity index is 1.81. The molecule has 1 fully saturated rings. The fourth-order valence-electron chi connectivity index (χ4n) is 3.72. The molecule has 0 radical (unpaired) electrons. The molecule has 0 aliphatic heterocycles. The highest BCUT2D eigenvalue weighted by atomic mass is 35.5. The molecule has 0 unspecified atom stereocenters. The van der Waals surface area contributed by atoms with E-state index < -0.39 is 0 Å². The predicted octanol–water partition coefficient (Wildman–Crippen LogP) is 6.81. The van der Waals surface area contributed by atoms with Crippen molar-refractivity contribution in [1.29, 1.82) is 0 Å². The van der Waals surface area contributed by atoms with Crippen molar-refractivity contribution in [2.75, 3.05) is 0 Å². The molecule has 1 aliphatic rings. The van der Waals surface area contributed by atoms with Crippen LogP contribution in [0.1, 0.15) is 42.6 Å². The Hall–Kier alpha value is -2.10. The number of hydrogen-bond acceptors (Lipinski definition) is 2. The molecule has 1 aliphatic carbocycles. The molecule has 27 heavy (non-hydrogen) atoms. The first-order valence-corrected chi connectivity index (χ1v) is 10.0. The maximum Gasteiger partial charge on any atom is 0.184 e. The third-order valence-corrected chi connectivity index (χ3v) is 5.75. The molecule has 3 nitrogen and oxygen atoms in total. The van der Waals surface area contributed by atoms with E-state index in [4.69, 9.17) is 28.2 Å². The molecule has 3 aromatic rings. The molecule has 138 valence electrons. The van der Waals surface area contributed by atoms with Crippen LogP contribution >= 0.6 is 23.2 Å². The maximum absolute atomic E-state index is 13.3. The van der Waals surface area contributed by atoms with Crippen molar-refractivity contribution in [2.24, 2.45) is 5.92 Å². The lowest BCUT2D eigenvalue weighted by Gasteiger charge is -2.20. The molecule has 2 aromatic carbocycles. The molecule has 0 amide bonds. The fraction of sp³-hybridized carbons (Fsp3) is 0.273. The van der Waals surface area contributed by atoms with E-state index in [1.807, 2.05) is 48.5 Å². The van der Waals surface area contributed by atoms with Gasteiger partial charge in [0.25, 0.3) is 0 Å². The van der Waals surface area contributed by atoms with Crippen LogP contribution < -0.4 is 0 Å². The van der Waals surface area contributed by atoms with Crippen LogP contribution in [-0.2, 0) is 0 Å². The lowest BCUT2D eigenvalue weighted by Crippen LogP contribution is -2.18. The summed E-state index contributed by atoms with van der Waals surface area (Å²) in [7, 11) is 0. The summed E-state index contributed by atoms with van der Waals surface area (Å²) >= 11 is 12.4. The van der Waals surface area contributed by atoms with E-state index in [1.54, 1.807) is 0 Å². The van der Waals surface area contributed by atoms with Gasteiger partial charge in [-0.15, -0.1) is 0 Å². The molecule has 1 N–H and O–H groups in total. The second-order valence-electron chi connectivity index (χ2n) is 6.99. The largest absolute Gasteiger partial charge is 0.335 e. The summed E-state index contributed by atoms with van der Waals surface area (Å²) in [4.78, 5) is 21.3. The van der Waals surface area contributed by atoms with E-state index in [-0.39, 0.29) is 11.7 Å². The number of Topliss-reactive ketones (excluding diaryl/α,β-unsaturated/α-hetero) is 1. The minimum Gasteiger partial charge on any atom is -0.335 e. The van der Waals surface area contributed by atoms with Crippen LogP contribution in [0.25, 0.3) is 22.6 Å². The summed E-state index contributed by atoms with van der Waals surface area (Å²) in [5, 5.41) is 1.26. The Labute approximate surface area is 168 Å². The van der Waals surface area contributed by atoms with Crippen molar-refractivity contribution in [3.8, 4) is 22.6 Å². The van der Waals surface area contributed by atoms with Crippen LogP contribution in [0.2, 0.25) is 10.0 Å². The van der Waals surface area contributed by atoms with Crippen molar-refractivity contribution >= 4 is 29.0 Å². The topological polar surface area (TPSA) is 45.8 Å². The number of carbonyl (C=O) groups is 1. The van der Waals surface area contributed by atoms with Crippen LogP contribution in [0.4, 0.5) is 0 Å².